The Kier molecular flexibility index (Phi) is 4.77. The second-order valence-corrected chi connectivity index (χ2v) is 9.22. The van der Waals surface area contributed by atoms with Crippen molar-refractivity contribution in [1.82, 2.24) is 14.5 Å². The predicted molar refractivity (Wildman–Crippen MR) is 118 cm³/mol. The molecule has 0 radical (unpaired) electrons. The van der Waals surface area contributed by atoms with Crippen LogP contribution in [0.25, 0.3) is 11.0 Å². The Bertz CT molecular complexity index is 1210. The van der Waals surface area contributed by atoms with Gasteiger partial charge in [0.15, 0.2) is 0 Å². The Morgan fingerprint density at radius 1 is 1.25 bits per heavy atom. The van der Waals surface area contributed by atoms with E-state index < -0.39 is 5.60 Å². The minimum Gasteiger partial charge on any atom is -0.481 e. The van der Waals surface area contributed by atoms with Crippen molar-refractivity contribution in [2.75, 3.05) is 18.6 Å². The quantitative estimate of drug-likeness (QED) is 0.612. The number of rotatable bonds is 4. The molecule has 3 heterocycles. The van der Waals surface area contributed by atoms with E-state index in [1.807, 2.05) is 24.5 Å². The maximum Gasteiger partial charge on any atom is 0.415 e. The number of carbonyl (C=O) groups excluding carboxylic acids is 1. The SMILES string of the molecule is COc1ccc(N2C[C@@]3(CCC[C@](C)(Cn4cnc5ccc(C#N)cc54)C3)OC2=O)cn1. The van der Waals surface area contributed by atoms with Crippen LogP contribution in [0.3, 0.4) is 0 Å². The van der Waals surface area contributed by atoms with Gasteiger partial charge in [-0.15, -0.1) is 0 Å². The first-order chi connectivity index (χ1) is 15.4. The van der Waals surface area contributed by atoms with Crippen molar-refractivity contribution in [3.8, 4) is 11.9 Å². The first-order valence-corrected chi connectivity index (χ1v) is 10.8. The first-order valence-electron chi connectivity index (χ1n) is 10.8. The Morgan fingerprint density at radius 2 is 2.12 bits per heavy atom. The Balaban J connectivity index is 1.38. The molecule has 2 aliphatic rings. The van der Waals surface area contributed by atoms with E-state index >= 15 is 0 Å². The van der Waals surface area contributed by atoms with E-state index in [0.717, 1.165) is 43.3 Å². The van der Waals surface area contributed by atoms with Crippen LogP contribution >= 0.6 is 0 Å². The summed E-state index contributed by atoms with van der Waals surface area (Å²) in [6.45, 7) is 3.51. The summed E-state index contributed by atoms with van der Waals surface area (Å²) in [7, 11) is 1.56. The number of hydrogen-bond donors (Lipinski definition) is 0. The molecule has 2 aromatic heterocycles. The lowest BCUT2D eigenvalue weighted by Gasteiger charge is -2.43. The fourth-order valence-corrected chi connectivity index (χ4v) is 5.29. The number of benzene rings is 1. The number of nitriles is 1. The highest BCUT2D eigenvalue weighted by atomic mass is 16.6. The number of anilines is 1. The topological polar surface area (TPSA) is 93.3 Å². The molecule has 0 unspecified atom stereocenters. The molecule has 0 bridgehead atoms. The summed E-state index contributed by atoms with van der Waals surface area (Å²) in [6.07, 6.45) is 6.79. The summed E-state index contributed by atoms with van der Waals surface area (Å²) in [4.78, 5) is 23.2. The molecule has 5 rings (SSSR count). The molecule has 8 nitrogen and oxygen atoms in total. The first kappa shape index (κ1) is 20.3. The molecule has 1 aliphatic carbocycles. The van der Waals surface area contributed by atoms with Gasteiger partial charge in [-0.2, -0.15) is 5.26 Å². The normalized spacial score (nSPS) is 25.2. The van der Waals surface area contributed by atoms with Gasteiger partial charge in [0.2, 0.25) is 5.88 Å². The minimum absolute atomic E-state index is 0.0665. The summed E-state index contributed by atoms with van der Waals surface area (Å²) in [5, 5.41) is 9.27. The van der Waals surface area contributed by atoms with Gasteiger partial charge >= 0.3 is 6.09 Å². The van der Waals surface area contributed by atoms with Crippen LogP contribution in [0.15, 0.2) is 42.9 Å². The zero-order valence-corrected chi connectivity index (χ0v) is 18.2. The van der Waals surface area contributed by atoms with E-state index in [1.54, 1.807) is 30.3 Å². The van der Waals surface area contributed by atoms with Crippen LogP contribution in [0.2, 0.25) is 0 Å². The van der Waals surface area contributed by atoms with E-state index in [1.165, 1.54) is 0 Å². The van der Waals surface area contributed by atoms with Crippen LogP contribution in [0.4, 0.5) is 10.5 Å². The van der Waals surface area contributed by atoms with Crippen LogP contribution in [0.5, 0.6) is 5.88 Å². The van der Waals surface area contributed by atoms with Crippen molar-refractivity contribution in [3.63, 3.8) is 0 Å². The van der Waals surface area contributed by atoms with Gasteiger partial charge in [-0.05, 0) is 55.4 Å². The zero-order chi connectivity index (χ0) is 22.3. The fraction of sp³-hybridized carbons (Fsp3) is 0.417. The molecule has 1 aromatic carbocycles. The highest BCUT2D eigenvalue weighted by Crippen LogP contribution is 2.48. The van der Waals surface area contributed by atoms with Crippen molar-refractivity contribution < 1.29 is 14.3 Å². The second-order valence-electron chi connectivity index (χ2n) is 9.22. The summed E-state index contributed by atoms with van der Waals surface area (Å²) in [5.41, 5.74) is 2.59. The molecule has 1 amide bonds. The third-order valence-electron chi connectivity index (χ3n) is 6.68. The maximum atomic E-state index is 12.8. The fourth-order valence-electron chi connectivity index (χ4n) is 5.29. The van der Waals surface area contributed by atoms with Crippen molar-refractivity contribution >= 4 is 22.8 Å². The molecule has 1 saturated carbocycles. The van der Waals surface area contributed by atoms with Gasteiger partial charge in [-0.1, -0.05) is 6.92 Å². The molecule has 3 aromatic rings. The van der Waals surface area contributed by atoms with Crippen molar-refractivity contribution in [1.29, 1.82) is 5.26 Å². The average molecular weight is 431 g/mol. The minimum atomic E-state index is -0.516. The number of ether oxygens (including phenoxy) is 2. The number of carbonyl (C=O) groups is 1. The predicted octanol–water partition coefficient (Wildman–Crippen LogP) is 4.29. The summed E-state index contributed by atoms with van der Waals surface area (Å²) in [5.74, 6) is 0.508. The number of nitrogens with zero attached hydrogens (tertiary/aromatic N) is 5. The third-order valence-corrected chi connectivity index (χ3v) is 6.68. The second kappa shape index (κ2) is 7.52. The molecule has 2 fully saturated rings. The van der Waals surface area contributed by atoms with Crippen LogP contribution < -0.4 is 9.64 Å². The smallest absolute Gasteiger partial charge is 0.415 e. The molecule has 8 heteroatoms. The largest absolute Gasteiger partial charge is 0.481 e. The van der Waals surface area contributed by atoms with Crippen LogP contribution in [-0.4, -0.2) is 39.9 Å². The van der Waals surface area contributed by atoms with Gasteiger partial charge in [-0.25, -0.2) is 14.8 Å². The lowest BCUT2D eigenvalue weighted by molar-refractivity contribution is -0.0264. The number of fused-ring (bicyclic) bond motifs is 1. The molecule has 1 saturated heterocycles. The average Bonchev–Trinajstić information content (AvgIpc) is 3.33. The zero-order valence-electron chi connectivity index (χ0n) is 18.2. The number of hydrogen-bond acceptors (Lipinski definition) is 6. The lowest BCUT2D eigenvalue weighted by atomic mass is 9.68. The molecule has 2 atom stereocenters. The van der Waals surface area contributed by atoms with E-state index in [4.69, 9.17) is 9.47 Å². The van der Waals surface area contributed by atoms with Gasteiger partial charge in [0.25, 0.3) is 0 Å². The van der Waals surface area contributed by atoms with Gasteiger partial charge < -0.3 is 14.0 Å². The third kappa shape index (κ3) is 3.54. The number of amides is 1. The Labute approximate surface area is 186 Å². The van der Waals surface area contributed by atoms with Crippen molar-refractivity contribution in [2.45, 2.75) is 44.8 Å². The van der Waals surface area contributed by atoms with Crippen LogP contribution in [0.1, 0.15) is 38.2 Å². The Hall–Kier alpha value is -3.60. The summed E-state index contributed by atoms with van der Waals surface area (Å²) < 4.78 is 13.3. The number of aromatic nitrogens is 3. The summed E-state index contributed by atoms with van der Waals surface area (Å²) >= 11 is 0. The Morgan fingerprint density at radius 3 is 2.88 bits per heavy atom. The van der Waals surface area contributed by atoms with E-state index in [2.05, 4.69) is 27.5 Å². The molecule has 0 N–H and O–H groups in total. The van der Waals surface area contributed by atoms with Gasteiger partial charge in [0.1, 0.15) is 5.60 Å². The molecular formula is C24H25N5O3. The van der Waals surface area contributed by atoms with E-state index in [-0.39, 0.29) is 11.5 Å². The standard InChI is InChI=1S/C24H25N5O3/c1-23(14-28-16-27-19-6-4-17(11-25)10-20(19)28)8-3-9-24(13-23)15-29(22(30)32-24)18-5-7-21(31-2)26-12-18/h4-7,10,12,16H,3,8-9,13-15H2,1-2H3/t23-,24-/m0/s1. The number of methoxy groups -OCH3 is 1. The number of pyridine rings is 1. The molecule has 1 aliphatic heterocycles. The summed E-state index contributed by atoms with van der Waals surface area (Å²) in [6, 6.07) is 11.3. The van der Waals surface area contributed by atoms with Crippen LogP contribution in [-0.2, 0) is 11.3 Å². The molecular weight excluding hydrogens is 406 g/mol. The monoisotopic (exact) mass is 431 g/mol. The van der Waals surface area contributed by atoms with Gasteiger partial charge in [0, 0.05) is 12.6 Å². The van der Waals surface area contributed by atoms with Gasteiger partial charge in [0.05, 0.1) is 54.5 Å². The van der Waals surface area contributed by atoms with E-state index in [0.29, 0.717) is 23.7 Å². The van der Waals surface area contributed by atoms with Crippen molar-refractivity contribution in [2.24, 2.45) is 5.41 Å². The van der Waals surface area contributed by atoms with E-state index in [9.17, 15) is 10.1 Å². The molecule has 1 spiro atoms. The van der Waals surface area contributed by atoms with Crippen LogP contribution in [0, 0.1) is 16.7 Å². The highest BCUT2D eigenvalue weighted by Gasteiger charge is 2.51. The maximum absolute atomic E-state index is 12.8. The molecule has 164 valence electrons. The van der Waals surface area contributed by atoms with Gasteiger partial charge in [-0.3, -0.25) is 4.90 Å². The number of imidazole rings is 1. The highest BCUT2D eigenvalue weighted by molar-refractivity contribution is 5.90. The van der Waals surface area contributed by atoms with Crippen molar-refractivity contribution in [3.05, 3.63) is 48.4 Å². The molecule has 32 heavy (non-hydrogen) atoms. The lowest BCUT2D eigenvalue weighted by Crippen LogP contribution is -2.45.